The average Bonchev–Trinajstić information content (AvgIpc) is 2.15. The molecule has 2 saturated heterocycles. The first kappa shape index (κ1) is 62.2. The van der Waals surface area contributed by atoms with Crippen LogP contribution in [-0.2, 0) is 28.9 Å². The highest BCUT2D eigenvalue weighted by Crippen LogP contribution is 2.41. The third-order valence-electron chi connectivity index (χ3n) is 14.8. The summed E-state index contributed by atoms with van der Waals surface area (Å²) in [6, 6.07) is 30.1. The second-order valence-electron chi connectivity index (χ2n) is 20.5. The van der Waals surface area contributed by atoms with Gasteiger partial charge in [-0.1, -0.05) is 80.5 Å². The second kappa shape index (κ2) is 27.7. The molecule has 13 nitrogen and oxygen atoms in total. The summed E-state index contributed by atoms with van der Waals surface area (Å²) in [5.74, 6) is -0.252. The Morgan fingerprint density at radius 3 is 1.22 bits per heavy atom. The maximum Gasteiger partial charge on any atom is 0.227 e. The van der Waals surface area contributed by atoms with Gasteiger partial charge in [-0.3, -0.25) is 38.9 Å². The number of pyridine rings is 3. The second-order valence-corrected chi connectivity index (χ2v) is 21.3. The summed E-state index contributed by atoms with van der Waals surface area (Å²) in [5.41, 5.74) is 9.66. The molecule has 2 aliphatic heterocycles. The van der Waals surface area contributed by atoms with E-state index in [1.807, 2.05) is 25.1 Å². The van der Waals surface area contributed by atoms with Crippen LogP contribution in [0.1, 0.15) is 138 Å². The zero-order valence-electron chi connectivity index (χ0n) is 47.2. The first-order valence-corrected chi connectivity index (χ1v) is 28.5. The number of phenols is 1. The lowest BCUT2D eigenvalue weighted by Gasteiger charge is -2.21. The monoisotopic (exact) mass is 1220 g/mol. The predicted molar refractivity (Wildman–Crippen MR) is 329 cm³/mol. The highest BCUT2D eigenvalue weighted by atomic mass is 79.9. The van der Waals surface area contributed by atoms with Gasteiger partial charge in [0.2, 0.25) is 11.8 Å². The molecule has 0 saturated carbocycles. The van der Waals surface area contributed by atoms with Gasteiger partial charge < -0.3 is 24.4 Å². The van der Waals surface area contributed by atoms with Crippen LogP contribution in [0.25, 0.3) is 32.7 Å². The molecule has 11 rings (SSSR count). The van der Waals surface area contributed by atoms with Gasteiger partial charge in [-0.25, -0.2) is 13.2 Å². The lowest BCUT2D eigenvalue weighted by molar-refractivity contribution is -0.117. The molecule has 2 fully saturated rings. The van der Waals surface area contributed by atoms with E-state index in [0.717, 1.165) is 61.5 Å². The van der Waals surface area contributed by atoms with Crippen molar-refractivity contribution < 1.29 is 51.7 Å². The molecular formula is C68H65BrF3N5O8. The molecule has 0 atom stereocenters. The molecular weight excluding hydrogens is 1150 g/mol. The first-order chi connectivity index (χ1) is 40.5. The summed E-state index contributed by atoms with van der Waals surface area (Å²) in [7, 11) is 3.07. The Hall–Kier alpha value is -8.83. The van der Waals surface area contributed by atoms with Gasteiger partial charge in [0.1, 0.15) is 34.0 Å². The van der Waals surface area contributed by atoms with Gasteiger partial charge in [0.05, 0.1) is 42.3 Å². The summed E-state index contributed by atoms with van der Waals surface area (Å²) >= 11 is 3.54. The molecule has 9 aromatic rings. The van der Waals surface area contributed by atoms with Gasteiger partial charge in [-0.2, -0.15) is 0 Å². The Bertz CT molecular complexity index is 3990. The lowest BCUT2D eigenvalue weighted by Crippen LogP contribution is -2.24. The number of ketones is 3. The lowest BCUT2D eigenvalue weighted by atomic mass is 9.99. The van der Waals surface area contributed by atoms with Crippen molar-refractivity contribution in [3.63, 3.8) is 0 Å². The van der Waals surface area contributed by atoms with E-state index in [1.165, 1.54) is 43.5 Å². The fourth-order valence-corrected chi connectivity index (χ4v) is 11.1. The van der Waals surface area contributed by atoms with Gasteiger partial charge in [0.25, 0.3) is 0 Å². The molecule has 17 heteroatoms. The molecule has 2 aliphatic rings. The van der Waals surface area contributed by atoms with Crippen molar-refractivity contribution in [1.29, 1.82) is 0 Å². The number of halogens is 4. The summed E-state index contributed by atoms with van der Waals surface area (Å²) in [6.07, 6.45) is 10.4. The SMILES string of the molecule is C.CCC(=O)c1cc(Br)c2cc(Cc3ccc(F)cc3)cnc2c1OC.CCC(=O)c1cc(N2CCCC2=O)c2cc(Cc3ccc(F)cc3)cnc2c1O.CCC(=O)c1cc(N2CCCC2=O)c2cc(Cc3ccc(F)cc3)cnc2c1OC. The number of anilines is 2. The topological polar surface area (TPSA) is 169 Å². The van der Waals surface area contributed by atoms with Crippen LogP contribution in [-0.4, -0.2) is 76.5 Å². The van der Waals surface area contributed by atoms with Crippen molar-refractivity contribution in [2.24, 2.45) is 0 Å². The van der Waals surface area contributed by atoms with Crippen LogP contribution < -0.4 is 19.3 Å². The molecule has 0 spiro atoms. The number of methoxy groups -OCH3 is 2. The van der Waals surface area contributed by atoms with Crippen molar-refractivity contribution in [3.8, 4) is 17.2 Å². The Morgan fingerprint density at radius 1 is 0.506 bits per heavy atom. The number of nitrogens with zero attached hydrogens (tertiary/aromatic N) is 5. The number of carbonyl (C=O) groups is 5. The van der Waals surface area contributed by atoms with E-state index in [2.05, 4.69) is 30.9 Å². The quantitative estimate of drug-likeness (QED) is 0.0914. The Kier molecular flexibility index (Phi) is 20.3. The fraction of sp³-hybridized carbons (Fsp3) is 0.265. The number of amides is 2. The van der Waals surface area contributed by atoms with Crippen molar-refractivity contribution in [2.45, 2.75) is 92.4 Å². The van der Waals surface area contributed by atoms with E-state index in [-0.39, 0.29) is 71.8 Å². The molecule has 0 radical (unpaired) electrons. The molecule has 5 heterocycles. The minimum Gasteiger partial charge on any atom is -0.505 e. The highest BCUT2D eigenvalue weighted by molar-refractivity contribution is 9.10. The number of fused-ring (bicyclic) bond motifs is 3. The van der Waals surface area contributed by atoms with E-state index < -0.39 is 0 Å². The van der Waals surface area contributed by atoms with Crippen LogP contribution in [0.5, 0.6) is 17.2 Å². The van der Waals surface area contributed by atoms with Crippen LogP contribution in [0.4, 0.5) is 24.5 Å². The average molecular weight is 1220 g/mol. The van der Waals surface area contributed by atoms with Crippen molar-refractivity contribution in [1.82, 2.24) is 15.0 Å². The summed E-state index contributed by atoms with van der Waals surface area (Å²) in [4.78, 5) is 78.9. The van der Waals surface area contributed by atoms with Crippen molar-refractivity contribution in [2.75, 3.05) is 37.1 Å². The van der Waals surface area contributed by atoms with E-state index in [4.69, 9.17) is 9.47 Å². The number of hydrogen-bond acceptors (Lipinski definition) is 11. The van der Waals surface area contributed by atoms with Crippen LogP contribution in [0, 0.1) is 17.5 Å². The van der Waals surface area contributed by atoms with E-state index in [9.17, 15) is 42.3 Å². The van der Waals surface area contributed by atoms with E-state index >= 15 is 0 Å². The molecule has 2 amide bonds. The molecule has 6 aromatic carbocycles. The molecule has 0 aliphatic carbocycles. The van der Waals surface area contributed by atoms with Gasteiger partial charge in [0.15, 0.2) is 34.6 Å². The minimum absolute atomic E-state index is 0. The van der Waals surface area contributed by atoms with E-state index in [1.54, 1.807) is 104 Å². The third kappa shape index (κ3) is 13.9. The van der Waals surface area contributed by atoms with Gasteiger partial charge in [-0.05, 0) is 138 Å². The predicted octanol–water partition coefficient (Wildman–Crippen LogP) is 15.0. The van der Waals surface area contributed by atoms with Gasteiger partial charge in [-0.15, -0.1) is 0 Å². The van der Waals surface area contributed by atoms with Crippen LogP contribution in [0.2, 0.25) is 0 Å². The number of aromatic hydroxyl groups is 1. The van der Waals surface area contributed by atoms with Crippen molar-refractivity contribution in [3.05, 3.63) is 200 Å². The van der Waals surface area contributed by atoms with Crippen LogP contribution >= 0.6 is 15.9 Å². The minimum atomic E-state index is -0.293. The van der Waals surface area contributed by atoms with Gasteiger partial charge >= 0.3 is 0 Å². The smallest absolute Gasteiger partial charge is 0.227 e. The molecule has 85 heavy (non-hydrogen) atoms. The van der Waals surface area contributed by atoms with Crippen molar-refractivity contribution >= 4 is 89.2 Å². The zero-order chi connectivity index (χ0) is 59.8. The Labute approximate surface area is 500 Å². The Morgan fingerprint density at radius 2 is 0.847 bits per heavy atom. The maximum atomic E-state index is 13.2. The zero-order valence-corrected chi connectivity index (χ0v) is 48.7. The van der Waals surface area contributed by atoms with Gasteiger partial charge in [0, 0.05) is 84.4 Å². The molecule has 0 bridgehead atoms. The molecule has 0 unspecified atom stereocenters. The maximum absolute atomic E-state index is 13.2. The number of ether oxygens (including phenoxy) is 2. The summed E-state index contributed by atoms with van der Waals surface area (Å²) in [5, 5.41) is 12.9. The Balaban J connectivity index is 0.000000166. The fourth-order valence-electron chi connectivity index (χ4n) is 10.5. The number of aromatic nitrogens is 3. The normalized spacial score (nSPS) is 12.9. The summed E-state index contributed by atoms with van der Waals surface area (Å²) in [6.45, 7) is 6.53. The number of Topliss-reactive ketones (excluding diaryl/α,β-unsaturated/α-hetero) is 3. The largest absolute Gasteiger partial charge is 0.505 e. The first-order valence-electron chi connectivity index (χ1n) is 27.8. The van der Waals surface area contributed by atoms with Crippen LogP contribution in [0.3, 0.4) is 0 Å². The third-order valence-corrected chi connectivity index (χ3v) is 15.5. The number of benzene rings is 6. The number of rotatable bonds is 16. The molecule has 3 aromatic heterocycles. The number of phenolic OH excluding ortho intramolecular Hbond substituents is 1. The molecule has 438 valence electrons. The van der Waals surface area contributed by atoms with Crippen LogP contribution in [0.15, 0.2) is 132 Å². The summed E-state index contributed by atoms with van der Waals surface area (Å²) < 4.78 is 51.3. The van der Waals surface area contributed by atoms with E-state index in [0.29, 0.717) is 114 Å². The highest BCUT2D eigenvalue weighted by Gasteiger charge is 2.29. The number of hydrogen-bond donors (Lipinski definition) is 1. The standard InChI is InChI=1S/C24H23FN2O3.C23H21FN2O3.C20H17BrFNO2.CH4/c1-3-21(28)19-13-20(27-10-4-5-22(27)29)18-12-16(14-26-23(18)24(19)30-2)11-15-6-8-17(25)9-7-15;1-2-20(27)18-12-19(26-9-3-4-21(26)28)17-11-15(13-25-22(17)23(18)29)10-14-5-7-16(24)8-6-14;1-3-18(24)16-10-17(21)15-9-13(11-23-19(15)20(16)25-2)8-12-4-6-14(22)7-5-12;/h6-9,12-14H,3-5,10-11H2,1-2H3;5-8,11-13,29H,2-4,9-10H2,1H3;4-7,9-11H,3,8H2,1-2H3;1H4. The number of carbonyl (C=O) groups excluding carboxylic acids is 5. The molecule has 1 N–H and O–H groups in total.